The van der Waals surface area contributed by atoms with Gasteiger partial charge in [0.2, 0.25) is 0 Å². The quantitative estimate of drug-likeness (QED) is 0.795. The van der Waals surface area contributed by atoms with Crippen LogP contribution in [0.4, 0.5) is 0 Å². The maximum absolute atomic E-state index is 3.80. The number of hydrogen-bond donors (Lipinski definition) is 1. The largest absolute Gasteiger partial charge is 0.307 e. The fourth-order valence-electron chi connectivity index (χ4n) is 3.30. The molecule has 1 saturated carbocycles. The summed E-state index contributed by atoms with van der Waals surface area (Å²) in [6.45, 7) is 6.87. The number of nitrogens with one attached hydrogen (secondary N) is 1. The van der Waals surface area contributed by atoms with E-state index < -0.39 is 0 Å². The monoisotopic (exact) mass is 259 g/mol. The molecule has 1 aromatic rings. The molecule has 106 valence electrons. The van der Waals surface area contributed by atoms with Crippen molar-refractivity contribution in [3.8, 4) is 0 Å². The van der Waals surface area contributed by atoms with Crippen LogP contribution < -0.4 is 5.32 Å². The van der Waals surface area contributed by atoms with Gasteiger partial charge in [-0.2, -0.15) is 0 Å². The first-order valence-corrected chi connectivity index (χ1v) is 8.05. The van der Waals surface area contributed by atoms with E-state index in [4.69, 9.17) is 0 Å². The van der Waals surface area contributed by atoms with Crippen LogP contribution in [0, 0.1) is 5.92 Å². The summed E-state index contributed by atoms with van der Waals surface area (Å²) in [5.74, 6) is 0.881. The Balaban J connectivity index is 1.89. The standard InChI is InChI=1S/C18H29N/c1-4-16-10-12-18(13-11-16)15(3)19-14(2)17-8-6-5-7-9-17/h10-15,17,19H,4-9H2,1-3H3/t14-,15?/m1/s1. The number of benzene rings is 1. The lowest BCUT2D eigenvalue weighted by Gasteiger charge is -2.31. The Bertz CT molecular complexity index is 362. The predicted octanol–water partition coefficient (Wildman–Crippen LogP) is 4.87. The van der Waals surface area contributed by atoms with Gasteiger partial charge in [-0.05, 0) is 50.2 Å². The minimum Gasteiger partial charge on any atom is -0.307 e. The molecule has 1 aliphatic rings. The van der Waals surface area contributed by atoms with E-state index in [-0.39, 0.29) is 0 Å². The molecule has 1 N–H and O–H groups in total. The highest BCUT2D eigenvalue weighted by Crippen LogP contribution is 2.27. The average molecular weight is 259 g/mol. The Hall–Kier alpha value is -0.820. The van der Waals surface area contributed by atoms with Gasteiger partial charge >= 0.3 is 0 Å². The van der Waals surface area contributed by atoms with Gasteiger partial charge in [0.1, 0.15) is 0 Å². The summed E-state index contributed by atoms with van der Waals surface area (Å²) < 4.78 is 0. The lowest BCUT2D eigenvalue weighted by molar-refractivity contribution is 0.268. The third-order valence-corrected chi connectivity index (χ3v) is 4.76. The van der Waals surface area contributed by atoms with Crippen LogP contribution in [0.3, 0.4) is 0 Å². The molecule has 0 amide bonds. The van der Waals surface area contributed by atoms with Gasteiger partial charge in [-0.3, -0.25) is 0 Å². The van der Waals surface area contributed by atoms with Crippen molar-refractivity contribution in [2.75, 3.05) is 0 Å². The van der Waals surface area contributed by atoms with Gasteiger partial charge in [0.05, 0.1) is 0 Å². The third kappa shape index (κ3) is 4.07. The fourth-order valence-corrected chi connectivity index (χ4v) is 3.30. The first-order chi connectivity index (χ1) is 9.20. The van der Waals surface area contributed by atoms with E-state index in [9.17, 15) is 0 Å². The second-order valence-electron chi connectivity index (χ2n) is 6.17. The molecule has 1 unspecified atom stereocenters. The SMILES string of the molecule is CCc1ccc(C(C)N[C@H](C)C2CCCCC2)cc1. The van der Waals surface area contributed by atoms with Crippen molar-refractivity contribution in [1.29, 1.82) is 0 Å². The van der Waals surface area contributed by atoms with Gasteiger partial charge in [0, 0.05) is 12.1 Å². The van der Waals surface area contributed by atoms with Crippen LogP contribution >= 0.6 is 0 Å². The summed E-state index contributed by atoms with van der Waals surface area (Å²) in [4.78, 5) is 0. The summed E-state index contributed by atoms with van der Waals surface area (Å²) in [6, 6.07) is 10.2. The minimum atomic E-state index is 0.461. The molecule has 0 saturated heterocycles. The van der Waals surface area contributed by atoms with Crippen LogP contribution in [-0.2, 0) is 6.42 Å². The van der Waals surface area contributed by atoms with E-state index in [1.165, 1.54) is 43.2 Å². The van der Waals surface area contributed by atoms with Crippen molar-refractivity contribution in [2.24, 2.45) is 5.92 Å². The lowest BCUT2D eigenvalue weighted by Crippen LogP contribution is -2.36. The van der Waals surface area contributed by atoms with Gasteiger partial charge in [0.25, 0.3) is 0 Å². The zero-order chi connectivity index (χ0) is 13.7. The Morgan fingerprint density at radius 1 is 1.05 bits per heavy atom. The van der Waals surface area contributed by atoms with Crippen molar-refractivity contribution in [3.05, 3.63) is 35.4 Å². The Kier molecular flexibility index (Phi) is 5.45. The predicted molar refractivity (Wildman–Crippen MR) is 83.4 cm³/mol. The van der Waals surface area contributed by atoms with E-state index in [1.54, 1.807) is 0 Å². The summed E-state index contributed by atoms with van der Waals surface area (Å²) in [5, 5.41) is 3.80. The molecule has 0 radical (unpaired) electrons. The van der Waals surface area contributed by atoms with E-state index in [0.29, 0.717) is 12.1 Å². The molecular weight excluding hydrogens is 230 g/mol. The highest BCUT2D eigenvalue weighted by molar-refractivity contribution is 5.24. The van der Waals surface area contributed by atoms with E-state index in [1.807, 2.05) is 0 Å². The summed E-state index contributed by atoms with van der Waals surface area (Å²) in [7, 11) is 0. The molecule has 1 fully saturated rings. The molecule has 0 heterocycles. The second kappa shape index (κ2) is 7.09. The van der Waals surface area contributed by atoms with Crippen LogP contribution in [0.15, 0.2) is 24.3 Å². The molecule has 0 spiro atoms. The van der Waals surface area contributed by atoms with Crippen LogP contribution in [0.1, 0.15) is 70.0 Å². The third-order valence-electron chi connectivity index (χ3n) is 4.76. The van der Waals surface area contributed by atoms with Crippen molar-refractivity contribution in [2.45, 2.75) is 71.4 Å². The maximum atomic E-state index is 3.80. The highest BCUT2D eigenvalue weighted by atomic mass is 14.9. The van der Waals surface area contributed by atoms with Crippen molar-refractivity contribution in [1.82, 2.24) is 5.32 Å². The topological polar surface area (TPSA) is 12.0 Å². The van der Waals surface area contributed by atoms with Crippen LogP contribution in [0.25, 0.3) is 0 Å². The highest BCUT2D eigenvalue weighted by Gasteiger charge is 2.21. The summed E-state index contributed by atoms with van der Waals surface area (Å²) >= 11 is 0. The molecule has 1 aromatic carbocycles. The Morgan fingerprint density at radius 2 is 1.68 bits per heavy atom. The Morgan fingerprint density at radius 3 is 2.26 bits per heavy atom. The van der Waals surface area contributed by atoms with Crippen LogP contribution in [0.5, 0.6) is 0 Å². The zero-order valence-corrected chi connectivity index (χ0v) is 12.8. The lowest BCUT2D eigenvalue weighted by atomic mass is 9.84. The molecule has 1 aliphatic carbocycles. The average Bonchev–Trinajstić information content (AvgIpc) is 2.48. The molecule has 0 bridgehead atoms. The molecule has 2 rings (SSSR count). The second-order valence-corrected chi connectivity index (χ2v) is 6.17. The summed E-state index contributed by atoms with van der Waals surface area (Å²) in [6.07, 6.45) is 8.25. The molecule has 2 atom stereocenters. The summed E-state index contributed by atoms with van der Waals surface area (Å²) in [5.41, 5.74) is 2.84. The van der Waals surface area contributed by atoms with Crippen molar-refractivity contribution < 1.29 is 0 Å². The van der Waals surface area contributed by atoms with Crippen LogP contribution in [0.2, 0.25) is 0 Å². The normalized spacial score (nSPS) is 20.2. The minimum absolute atomic E-state index is 0.461. The fraction of sp³-hybridized carbons (Fsp3) is 0.667. The number of aryl methyl sites for hydroxylation is 1. The van der Waals surface area contributed by atoms with Gasteiger partial charge < -0.3 is 5.32 Å². The van der Waals surface area contributed by atoms with Crippen molar-refractivity contribution >= 4 is 0 Å². The zero-order valence-electron chi connectivity index (χ0n) is 12.8. The first kappa shape index (κ1) is 14.6. The molecular formula is C18H29N. The van der Waals surface area contributed by atoms with Crippen LogP contribution in [-0.4, -0.2) is 6.04 Å². The number of rotatable bonds is 5. The first-order valence-electron chi connectivity index (χ1n) is 8.05. The van der Waals surface area contributed by atoms with Gasteiger partial charge in [0.15, 0.2) is 0 Å². The molecule has 1 nitrogen and oxygen atoms in total. The van der Waals surface area contributed by atoms with E-state index in [0.717, 1.165) is 12.3 Å². The molecule has 19 heavy (non-hydrogen) atoms. The molecule has 0 aromatic heterocycles. The van der Waals surface area contributed by atoms with Gasteiger partial charge in [-0.25, -0.2) is 0 Å². The smallest absolute Gasteiger partial charge is 0.0294 e. The number of hydrogen-bond acceptors (Lipinski definition) is 1. The van der Waals surface area contributed by atoms with E-state index in [2.05, 4.69) is 50.4 Å². The van der Waals surface area contributed by atoms with Gasteiger partial charge in [-0.15, -0.1) is 0 Å². The maximum Gasteiger partial charge on any atom is 0.0294 e. The molecule has 0 aliphatic heterocycles. The van der Waals surface area contributed by atoms with Gasteiger partial charge in [-0.1, -0.05) is 50.5 Å². The van der Waals surface area contributed by atoms with Crippen molar-refractivity contribution in [3.63, 3.8) is 0 Å². The van der Waals surface area contributed by atoms with E-state index >= 15 is 0 Å². The Labute approximate surface area is 118 Å². The molecule has 1 heteroatoms.